The summed E-state index contributed by atoms with van der Waals surface area (Å²) < 4.78 is 14.9. The van der Waals surface area contributed by atoms with Gasteiger partial charge in [-0.15, -0.1) is 12.4 Å². The first-order valence-electron chi connectivity index (χ1n) is 7.61. The van der Waals surface area contributed by atoms with Gasteiger partial charge >= 0.3 is 0 Å². The van der Waals surface area contributed by atoms with Gasteiger partial charge in [-0.3, -0.25) is 4.90 Å². The standard InChI is InChI=1S/C16H22BrFN2.ClH/c17-14-3-6-16(18)13(8-14)11-20(15-4-5-15)10-12-2-1-7-19-9-12;/h3,6,8,12,15,19H,1-2,4-5,7,9-11H2;1H. The molecule has 0 radical (unpaired) electrons. The van der Waals surface area contributed by atoms with Gasteiger partial charge in [-0.1, -0.05) is 15.9 Å². The summed E-state index contributed by atoms with van der Waals surface area (Å²) in [5.74, 6) is 0.639. The number of nitrogens with zero attached hydrogens (tertiary/aromatic N) is 1. The summed E-state index contributed by atoms with van der Waals surface area (Å²) in [4.78, 5) is 2.49. The van der Waals surface area contributed by atoms with Crippen molar-refractivity contribution in [3.8, 4) is 0 Å². The molecular formula is C16H23BrClFN2. The molecule has 2 fully saturated rings. The Morgan fingerprint density at radius 2 is 2.10 bits per heavy atom. The largest absolute Gasteiger partial charge is 0.316 e. The molecule has 1 saturated heterocycles. The Hall–Kier alpha value is -0.160. The summed E-state index contributed by atoms with van der Waals surface area (Å²) in [6.07, 6.45) is 5.12. The third kappa shape index (κ3) is 4.92. The van der Waals surface area contributed by atoms with Crippen molar-refractivity contribution in [1.29, 1.82) is 0 Å². The summed E-state index contributed by atoms with van der Waals surface area (Å²) >= 11 is 3.44. The summed E-state index contributed by atoms with van der Waals surface area (Å²) in [6.45, 7) is 4.11. The molecule has 0 aromatic heterocycles. The fourth-order valence-electron chi connectivity index (χ4n) is 3.08. The molecule has 1 unspecified atom stereocenters. The highest BCUT2D eigenvalue weighted by Gasteiger charge is 2.31. The molecule has 5 heteroatoms. The van der Waals surface area contributed by atoms with Crippen LogP contribution in [-0.4, -0.2) is 30.6 Å². The highest BCUT2D eigenvalue weighted by molar-refractivity contribution is 9.10. The molecule has 1 atom stereocenters. The summed E-state index contributed by atoms with van der Waals surface area (Å²) in [5.41, 5.74) is 0.815. The molecule has 2 aliphatic rings. The lowest BCUT2D eigenvalue weighted by Gasteiger charge is -2.30. The van der Waals surface area contributed by atoms with Crippen LogP contribution in [0.1, 0.15) is 31.2 Å². The van der Waals surface area contributed by atoms with Gasteiger partial charge in [0.15, 0.2) is 0 Å². The second-order valence-corrected chi connectivity index (χ2v) is 7.02. The number of piperidine rings is 1. The molecular weight excluding hydrogens is 355 g/mol. The van der Waals surface area contributed by atoms with Crippen LogP contribution in [0.15, 0.2) is 22.7 Å². The van der Waals surface area contributed by atoms with Gasteiger partial charge in [0, 0.05) is 29.2 Å². The van der Waals surface area contributed by atoms with Gasteiger partial charge in [-0.25, -0.2) is 4.39 Å². The van der Waals surface area contributed by atoms with Crippen molar-refractivity contribution >= 4 is 28.3 Å². The van der Waals surface area contributed by atoms with Gasteiger partial charge in [0.05, 0.1) is 0 Å². The lowest BCUT2D eigenvalue weighted by atomic mass is 9.98. The monoisotopic (exact) mass is 376 g/mol. The predicted molar refractivity (Wildman–Crippen MR) is 90.4 cm³/mol. The zero-order valence-corrected chi connectivity index (χ0v) is 14.6. The van der Waals surface area contributed by atoms with Gasteiger partial charge < -0.3 is 5.32 Å². The van der Waals surface area contributed by atoms with E-state index in [1.807, 2.05) is 6.07 Å². The Kier molecular flexibility index (Phi) is 6.48. The predicted octanol–water partition coefficient (Wildman–Crippen LogP) is 3.97. The fourth-order valence-corrected chi connectivity index (χ4v) is 3.49. The Labute approximate surface area is 141 Å². The maximum Gasteiger partial charge on any atom is 0.127 e. The van der Waals surface area contributed by atoms with Crippen LogP contribution in [0.4, 0.5) is 4.39 Å². The van der Waals surface area contributed by atoms with Gasteiger partial charge in [0.25, 0.3) is 0 Å². The van der Waals surface area contributed by atoms with Crippen molar-refractivity contribution in [2.75, 3.05) is 19.6 Å². The summed E-state index contributed by atoms with van der Waals surface area (Å²) in [6, 6.07) is 5.93. The normalized spacial score (nSPS) is 22.1. The van der Waals surface area contributed by atoms with E-state index in [9.17, 15) is 4.39 Å². The van der Waals surface area contributed by atoms with Crippen molar-refractivity contribution in [2.45, 2.75) is 38.3 Å². The molecule has 1 N–H and O–H groups in total. The Bertz CT molecular complexity index is 462. The van der Waals surface area contributed by atoms with E-state index in [1.165, 1.54) is 25.7 Å². The number of halogens is 3. The Morgan fingerprint density at radius 1 is 1.29 bits per heavy atom. The quantitative estimate of drug-likeness (QED) is 0.835. The van der Waals surface area contributed by atoms with E-state index in [0.29, 0.717) is 6.04 Å². The highest BCUT2D eigenvalue weighted by atomic mass is 79.9. The van der Waals surface area contributed by atoms with E-state index in [-0.39, 0.29) is 18.2 Å². The Morgan fingerprint density at radius 3 is 2.76 bits per heavy atom. The number of hydrogen-bond donors (Lipinski definition) is 1. The number of rotatable bonds is 5. The van der Waals surface area contributed by atoms with Crippen LogP contribution in [0, 0.1) is 11.7 Å². The van der Waals surface area contributed by atoms with Crippen molar-refractivity contribution in [3.63, 3.8) is 0 Å². The summed E-state index contributed by atoms with van der Waals surface area (Å²) in [7, 11) is 0. The summed E-state index contributed by atoms with van der Waals surface area (Å²) in [5, 5.41) is 3.48. The minimum Gasteiger partial charge on any atom is -0.316 e. The van der Waals surface area contributed by atoms with Crippen molar-refractivity contribution in [1.82, 2.24) is 10.2 Å². The van der Waals surface area contributed by atoms with Gasteiger partial charge in [0.1, 0.15) is 5.82 Å². The van der Waals surface area contributed by atoms with Crippen molar-refractivity contribution < 1.29 is 4.39 Å². The van der Waals surface area contributed by atoms with Crippen LogP contribution in [0.25, 0.3) is 0 Å². The first-order valence-corrected chi connectivity index (χ1v) is 8.40. The molecule has 1 aliphatic heterocycles. The lowest BCUT2D eigenvalue weighted by molar-refractivity contribution is 0.191. The van der Waals surface area contributed by atoms with Crippen LogP contribution in [-0.2, 0) is 6.54 Å². The Balaban J connectivity index is 0.00000161. The maximum atomic E-state index is 13.9. The zero-order valence-electron chi connectivity index (χ0n) is 12.2. The number of benzene rings is 1. The molecule has 1 heterocycles. The lowest BCUT2D eigenvalue weighted by Crippen LogP contribution is -2.39. The molecule has 1 aromatic rings. The van der Waals surface area contributed by atoms with E-state index in [1.54, 1.807) is 12.1 Å². The first-order chi connectivity index (χ1) is 9.72. The minimum atomic E-state index is -0.0828. The molecule has 1 saturated carbocycles. The molecule has 0 amide bonds. The van der Waals surface area contributed by atoms with E-state index in [4.69, 9.17) is 0 Å². The minimum absolute atomic E-state index is 0. The fraction of sp³-hybridized carbons (Fsp3) is 0.625. The highest BCUT2D eigenvalue weighted by Crippen LogP contribution is 2.30. The third-order valence-electron chi connectivity index (χ3n) is 4.34. The first kappa shape index (κ1) is 17.2. The second-order valence-electron chi connectivity index (χ2n) is 6.11. The van der Waals surface area contributed by atoms with E-state index in [0.717, 1.165) is 42.1 Å². The van der Waals surface area contributed by atoms with Crippen LogP contribution in [0.2, 0.25) is 0 Å². The number of hydrogen-bond acceptors (Lipinski definition) is 2. The average Bonchev–Trinajstić information content (AvgIpc) is 3.28. The van der Waals surface area contributed by atoms with Crippen LogP contribution in [0.3, 0.4) is 0 Å². The van der Waals surface area contributed by atoms with Crippen LogP contribution in [0.5, 0.6) is 0 Å². The third-order valence-corrected chi connectivity index (χ3v) is 4.83. The maximum absolute atomic E-state index is 13.9. The smallest absolute Gasteiger partial charge is 0.127 e. The topological polar surface area (TPSA) is 15.3 Å². The van der Waals surface area contributed by atoms with Gasteiger partial charge in [-0.05, 0) is 62.9 Å². The zero-order chi connectivity index (χ0) is 13.9. The molecule has 1 aliphatic carbocycles. The van der Waals surface area contributed by atoms with E-state index >= 15 is 0 Å². The van der Waals surface area contributed by atoms with Crippen molar-refractivity contribution in [3.05, 3.63) is 34.1 Å². The molecule has 118 valence electrons. The molecule has 1 aromatic carbocycles. The van der Waals surface area contributed by atoms with E-state index < -0.39 is 0 Å². The second kappa shape index (κ2) is 7.91. The molecule has 2 nitrogen and oxygen atoms in total. The van der Waals surface area contributed by atoms with Crippen molar-refractivity contribution in [2.24, 2.45) is 5.92 Å². The van der Waals surface area contributed by atoms with Crippen LogP contribution >= 0.6 is 28.3 Å². The average molecular weight is 378 g/mol. The molecule has 0 bridgehead atoms. The van der Waals surface area contributed by atoms with Gasteiger partial charge in [-0.2, -0.15) is 0 Å². The van der Waals surface area contributed by atoms with Crippen LogP contribution < -0.4 is 5.32 Å². The van der Waals surface area contributed by atoms with Gasteiger partial charge in [0.2, 0.25) is 0 Å². The molecule has 3 rings (SSSR count). The molecule has 21 heavy (non-hydrogen) atoms. The molecule has 0 spiro atoms. The number of nitrogens with one attached hydrogen (secondary N) is 1. The SMILES string of the molecule is Cl.Fc1ccc(Br)cc1CN(CC1CCCNC1)C1CC1. The van der Waals surface area contributed by atoms with E-state index in [2.05, 4.69) is 26.1 Å².